The first-order valence-corrected chi connectivity index (χ1v) is 5.05. The molecular weight excluding hydrogens is 242 g/mol. The third-order valence-electron chi connectivity index (χ3n) is 1.17. The monoisotopic (exact) mass is 251 g/mol. The summed E-state index contributed by atoms with van der Waals surface area (Å²) in [5.74, 6) is 0. The molecule has 0 radical (unpaired) electrons. The second kappa shape index (κ2) is 5.85. The topological polar surface area (TPSA) is 156 Å². The molecule has 0 spiro atoms. The Hall–Kier alpha value is -1.91. The lowest BCUT2D eigenvalue weighted by atomic mass is 10.3. The first-order chi connectivity index (χ1) is 7.20. The Morgan fingerprint density at radius 2 is 1.75 bits per heavy atom. The maximum Gasteiger partial charge on any atom is 0.394 e. The van der Waals surface area contributed by atoms with E-state index in [-0.39, 0.29) is 0 Å². The van der Waals surface area contributed by atoms with Gasteiger partial charge in [-0.3, -0.25) is 9.11 Å². The summed E-state index contributed by atoms with van der Waals surface area (Å²) in [5, 5.41) is 9.31. The van der Waals surface area contributed by atoms with Gasteiger partial charge in [0.25, 0.3) is 0 Å². The Labute approximate surface area is 90.6 Å². The Balaban J connectivity index is 0.000000385. The number of anilines is 2. The predicted octanol–water partition coefficient (Wildman–Crippen LogP) is 0.220. The number of nitrogens with zero attached hydrogens (tertiary/aromatic N) is 1. The maximum absolute atomic E-state index is 9.96. The number of para-hydroxylation sites is 2. The number of hydrazine groups is 1. The minimum absolute atomic E-state index is 0.317. The highest BCUT2D eigenvalue weighted by Gasteiger charge is 2.00. The van der Waals surface area contributed by atoms with Crippen molar-refractivity contribution in [3.05, 3.63) is 34.4 Å². The fourth-order valence-electron chi connectivity index (χ4n) is 0.697. The summed E-state index contributed by atoms with van der Waals surface area (Å²) < 4.78 is 31.6. The molecule has 16 heavy (non-hydrogen) atoms. The van der Waals surface area contributed by atoms with Crippen LogP contribution in [0.4, 0.5) is 11.4 Å². The molecule has 90 valence electrons. The van der Waals surface area contributed by atoms with E-state index in [9.17, 15) is 10.1 Å². The van der Waals surface area contributed by atoms with Gasteiger partial charge in [0, 0.05) is 0 Å². The molecule has 1 rings (SSSR count). The van der Waals surface area contributed by atoms with Crippen LogP contribution in [0.15, 0.2) is 24.3 Å². The molecule has 1 aromatic carbocycles. The molecule has 0 aliphatic heterocycles. The number of nitrogens with one attached hydrogen (secondary N) is 1. The quantitative estimate of drug-likeness (QED) is 0.251. The number of nitro groups is 1. The number of nitrogens with two attached hydrogens (primary N) is 1. The van der Waals surface area contributed by atoms with Gasteiger partial charge < -0.3 is 5.73 Å². The third kappa shape index (κ3) is 8.68. The zero-order valence-electron chi connectivity index (χ0n) is 7.77. The standard InChI is InChI=1S/C6H7N3O2.H2O4S/c7-5-3-1-2-4-6(5)8-9(10)11;1-5(2,3)4/h1-4,8H,7H2;(H2,1,2,3,4). The summed E-state index contributed by atoms with van der Waals surface area (Å²) in [6.45, 7) is 0. The first kappa shape index (κ1) is 14.1. The van der Waals surface area contributed by atoms with Gasteiger partial charge >= 0.3 is 10.4 Å². The summed E-state index contributed by atoms with van der Waals surface area (Å²) in [5.41, 5.74) is 8.05. The molecule has 0 amide bonds. The van der Waals surface area contributed by atoms with Crippen molar-refractivity contribution < 1.29 is 22.6 Å². The maximum atomic E-state index is 9.96. The van der Waals surface area contributed by atoms with Crippen LogP contribution in [-0.2, 0) is 10.4 Å². The molecule has 0 bridgehead atoms. The molecule has 0 saturated carbocycles. The minimum atomic E-state index is -4.67. The van der Waals surface area contributed by atoms with Gasteiger partial charge in [-0.1, -0.05) is 12.1 Å². The van der Waals surface area contributed by atoms with Gasteiger partial charge in [0.2, 0.25) is 0 Å². The third-order valence-corrected chi connectivity index (χ3v) is 1.17. The van der Waals surface area contributed by atoms with Gasteiger partial charge in [-0.05, 0) is 12.1 Å². The SMILES string of the molecule is Nc1ccccc1N[N+](=O)[O-].O=S(=O)(O)O. The normalized spacial score (nSPS) is 9.88. The molecular formula is C6H9N3O6S. The van der Waals surface area contributed by atoms with Gasteiger partial charge in [0.1, 0.15) is 5.69 Å². The zero-order chi connectivity index (χ0) is 12.8. The second-order valence-electron chi connectivity index (χ2n) is 2.40. The zero-order valence-corrected chi connectivity index (χ0v) is 8.59. The van der Waals surface area contributed by atoms with E-state index in [4.69, 9.17) is 23.3 Å². The van der Waals surface area contributed by atoms with Crippen molar-refractivity contribution in [2.75, 3.05) is 11.2 Å². The Morgan fingerprint density at radius 1 is 1.31 bits per heavy atom. The van der Waals surface area contributed by atoms with Gasteiger partial charge in [-0.15, -0.1) is 5.43 Å². The summed E-state index contributed by atoms with van der Waals surface area (Å²) in [7, 11) is -4.67. The average molecular weight is 251 g/mol. The van der Waals surface area contributed by atoms with Crippen molar-refractivity contribution in [3.8, 4) is 0 Å². The van der Waals surface area contributed by atoms with Crippen LogP contribution >= 0.6 is 0 Å². The summed E-state index contributed by atoms with van der Waals surface area (Å²) in [4.78, 5) is 9.96. The predicted molar refractivity (Wildman–Crippen MR) is 55.6 cm³/mol. The fourth-order valence-corrected chi connectivity index (χ4v) is 0.697. The molecule has 0 aromatic heterocycles. The largest absolute Gasteiger partial charge is 0.397 e. The van der Waals surface area contributed by atoms with Crippen LogP contribution in [0.5, 0.6) is 0 Å². The molecule has 5 N–H and O–H groups in total. The van der Waals surface area contributed by atoms with Crippen LogP contribution in [-0.4, -0.2) is 22.6 Å². The number of hydrogen-bond acceptors (Lipinski definition) is 5. The fraction of sp³-hybridized carbons (Fsp3) is 0. The Bertz CT molecular complexity index is 451. The van der Waals surface area contributed by atoms with E-state index in [2.05, 4.69) is 0 Å². The highest BCUT2D eigenvalue weighted by atomic mass is 32.3. The van der Waals surface area contributed by atoms with Gasteiger partial charge in [-0.2, -0.15) is 8.42 Å². The summed E-state index contributed by atoms with van der Waals surface area (Å²) >= 11 is 0. The molecule has 0 aliphatic rings. The molecule has 10 heteroatoms. The van der Waals surface area contributed by atoms with E-state index in [0.717, 1.165) is 0 Å². The average Bonchev–Trinajstić information content (AvgIpc) is 2.05. The molecule has 0 aliphatic carbocycles. The highest BCUT2D eigenvalue weighted by Crippen LogP contribution is 2.15. The van der Waals surface area contributed by atoms with E-state index >= 15 is 0 Å². The number of rotatable bonds is 2. The number of benzene rings is 1. The van der Waals surface area contributed by atoms with Crippen LogP contribution in [0.3, 0.4) is 0 Å². The smallest absolute Gasteiger partial charge is 0.394 e. The Morgan fingerprint density at radius 3 is 2.12 bits per heavy atom. The van der Waals surface area contributed by atoms with Crippen LogP contribution < -0.4 is 11.2 Å². The van der Waals surface area contributed by atoms with Crippen LogP contribution in [0.25, 0.3) is 0 Å². The first-order valence-electron chi connectivity index (χ1n) is 3.65. The van der Waals surface area contributed by atoms with Crippen LogP contribution in [0, 0.1) is 10.1 Å². The number of hydrogen-bond donors (Lipinski definition) is 4. The van der Waals surface area contributed by atoms with Crippen LogP contribution in [0.2, 0.25) is 0 Å². The lowest BCUT2D eigenvalue weighted by Crippen LogP contribution is -2.09. The van der Waals surface area contributed by atoms with Gasteiger partial charge in [0.15, 0.2) is 5.03 Å². The van der Waals surface area contributed by atoms with Crippen LogP contribution in [0.1, 0.15) is 0 Å². The summed E-state index contributed by atoms with van der Waals surface area (Å²) in [6.07, 6.45) is 0. The van der Waals surface area contributed by atoms with E-state index in [1.807, 2.05) is 5.43 Å². The molecule has 1 aromatic rings. The molecule has 9 nitrogen and oxygen atoms in total. The van der Waals surface area contributed by atoms with Crippen molar-refractivity contribution in [2.45, 2.75) is 0 Å². The highest BCUT2D eigenvalue weighted by molar-refractivity contribution is 7.79. The molecule has 0 unspecified atom stereocenters. The van der Waals surface area contributed by atoms with Crippen molar-refractivity contribution in [1.29, 1.82) is 0 Å². The second-order valence-corrected chi connectivity index (χ2v) is 3.30. The Kier molecular flexibility index (Phi) is 5.15. The van der Waals surface area contributed by atoms with E-state index in [1.54, 1.807) is 18.2 Å². The molecule has 0 heterocycles. The van der Waals surface area contributed by atoms with Crippen molar-refractivity contribution >= 4 is 21.8 Å². The van der Waals surface area contributed by atoms with Gasteiger partial charge in [-0.25, -0.2) is 10.1 Å². The van der Waals surface area contributed by atoms with Crippen molar-refractivity contribution in [3.63, 3.8) is 0 Å². The minimum Gasteiger partial charge on any atom is -0.397 e. The van der Waals surface area contributed by atoms with E-state index < -0.39 is 15.4 Å². The summed E-state index contributed by atoms with van der Waals surface area (Å²) in [6, 6.07) is 6.51. The van der Waals surface area contributed by atoms with Crippen molar-refractivity contribution in [1.82, 2.24) is 0 Å². The van der Waals surface area contributed by atoms with Crippen molar-refractivity contribution in [2.24, 2.45) is 0 Å². The molecule has 0 fully saturated rings. The molecule has 0 atom stereocenters. The van der Waals surface area contributed by atoms with Gasteiger partial charge in [0.05, 0.1) is 5.69 Å². The lowest BCUT2D eigenvalue weighted by molar-refractivity contribution is -0.445. The van der Waals surface area contributed by atoms with E-state index in [1.165, 1.54) is 6.07 Å². The molecule has 0 saturated heterocycles. The lowest BCUT2D eigenvalue weighted by Gasteiger charge is -1.99. The number of nitrogen functional groups attached to an aromatic ring is 1. The van der Waals surface area contributed by atoms with E-state index in [0.29, 0.717) is 11.4 Å².